The van der Waals surface area contributed by atoms with Crippen molar-refractivity contribution in [2.24, 2.45) is 0 Å². The first kappa shape index (κ1) is 19.5. The summed E-state index contributed by atoms with van der Waals surface area (Å²) in [5.41, 5.74) is 1.53. The zero-order chi connectivity index (χ0) is 19.6. The molecule has 0 saturated carbocycles. The van der Waals surface area contributed by atoms with E-state index in [1.165, 1.54) is 6.07 Å². The van der Waals surface area contributed by atoms with Gasteiger partial charge in [-0.05, 0) is 64.8 Å². The lowest BCUT2D eigenvalue weighted by Gasteiger charge is -2.06. The summed E-state index contributed by atoms with van der Waals surface area (Å²) in [7, 11) is 0. The van der Waals surface area contributed by atoms with E-state index in [0.29, 0.717) is 15.6 Å². The van der Waals surface area contributed by atoms with E-state index in [1.54, 1.807) is 19.1 Å². The van der Waals surface area contributed by atoms with Gasteiger partial charge in [0, 0.05) is 4.47 Å². The van der Waals surface area contributed by atoms with Gasteiger partial charge in [-0.3, -0.25) is 9.59 Å². The number of rotatable bonds is 4. The number of thiophene rings is 1. The molecule has 0 aliphatic carbocycles. The summed E-state index contributed by atoms with van der Waals surface area (Å²) in [6.45, 7) is 1.78. The minimum atomic E-state index is -0.519. The molecular formula is C19H13BrClFN2O2S. The van der Waals surface area contributed by atoms with E-state index in [9.17, 15) is 14.0 Å². The normalized spacial score (nSPS) is 10.5. The lowest BCUT2D eigenvalue weighted by atomic mass is 10.2. The van der Waals surface area contributed by atoms with Crippen LogP contribution in [0.4, 0.5) is 15.1 Å². The van der Waals surface area contributed by atoms with Crippen LogP contribution in [0.3, 0.4) is 0 Å². The first-order chi connectivity index (χ1) is 12.8. The molecule has 0 aliphatic rings. The van der Waals surface area contributed by atoms with E-state index in [0.717, 1.165) is 33.5 Å². The summed E-state index contributed by atoms with van der Waals surface area (Å²) in [5, 5.41) is 6.04. The van der Waals surface area contributed by atoms with Gasteiger partial charge in [0.1, 0.15) is 5.82 Å². The number of aryl methyl sites for hydroxylation is 1. The predicted octanol–water partition coefficient (Wildman–Crippen LogP) is 6.12. The highest BCUT2D eigenvalue weighted by atomic mass is 79.9. The Hall–Kier alpha value is -2.22. The van der Waals surface area contributed by atoms with Crippen molar-refractivity contribution in [1.82, 2.24) is 0 Å². The number of carbonyl (C=O) groups excluding carboxylic acids is 2. The van der Waals surface area contributed by atoms with Gasteiger partial charge in [0.2, 0.25) is 0 Å². The van der Waals surface area contributed by atoms with Gasteiger partial charge in [-0.25, -0.2) is 4.39 Å². The standard InChI is InChI=1S/C19H13BrClFN2O2S/c1-10-8-16(24-18(25)12-7-6-11(22)9-14(12)21)27-17(10)19(26)23-15-5-3-2-4-13(15)20/h2-9H,1H3,(H,23,26)(H,24,25). The monoisotopic (exact) mass is 466 g/mol. The first-order valence-electron chi connectivity index (χ1n) is 7.78. The molecule has 1 heterocycles. The fourth-order valence-corrected chi connectivity index (χ4v) is 3.96. The predicted molar refractivity (Wildman–Crippen MR) is 111 cm³/mol. The van der Waals surface area contributed by atoms with E-state index in [-0.39, 0.29) is 16.5 Å². The lowest BCUT2D eigenvalue weighted by Crippen LogP contribution is -2.12. The Morgan fingerprint density at radius 3 is 2.52 bits per heavy atom. The Morgan fingerprint density at radius 1 is 1.07 bits per heavy atom. The maximum Gasteiger partial charge on any atom is 0.266 e. The average Bonchev–Trinajstić information content (AvgIpc) is 2.97. The van der Waals surface area contributed by atoms with Gasteiger partial charge < -0.3 is 10.6 Å². The summed E-state index contributed by atoms with van der Waals surface area (Å²) < 4.78 is 13.9. The van der Waals surface area contributed by atoms with E-state index >= 15 is 0 Å². The second-order valence-electron chi connectivity index (χ2n) is 5.64. The molecule has 4 nitrogen and oxygen atoms in total. The van der Waals surface area contributed by atoms with Crippen molar-refractivity contribution >= 4 is 61.4 Å². The molecule has 27 heavy (non-hydrogen) atoms. The first-order valence-corrected chi connectivity index (χ1v) is 9.76. The van der Waals surface area contributed by atoms with Crippen molar-refractivity contribution in [2.75, 3.05) is 10.6 Å². The van der Waals surface area contributed by atoms with Crippen LogP contribution < -0.4 is 10.6 Å². The molecule has 138 valence electrons. The van der Waals surface area contributed by atoms with Crippen LogP contribution in [-0.2, 0) is 0 Å². The molecule has 0 fully saturated rings. The van der Waals surface area contributed by atoms with Crippen LogP contribution in [0.15, 0.2) is 53.0 Å². The molecule has 0 bridgehead atoms. The van der Waals surface area contributed by atoms with Gasteiger partial charge in [0.15, 0.2) is 0 Å². The molecule has 1 aromatic heterocycles. The summed E-state index contributed by atoms with van der Waals surface area (Å²) >= 11 is 10.4. The molecule has 0 atom stereocenters. The van der Waals surface area contributed by atoms with Gasteiger partial charge in [-0.2, -0.15) is 0 Å². The maximum atomic E-state index is 13.1. The third kappa shape index (κ3) is 4.55. The van der Waals surface area contributed by atoms with E-state index in [1.807, 2.05) is 18.2 Å². The third-order valence-electron chi connectivity index (χ3n) is 3.66. The quantitative estimate of drug-likeness (QED) is 0.486. The highest BCUT2D eigenvalue weighted by Gasteiger charge is 2.17. The zero-order valence-electron chi connectivity index (χ0n) is 14.0. The van der Waals surface area contributed by atoms with Gasteiger partial charge in [0.05, 0.1) is 26.2 Å². The number of carbonyl (C=O) groups is 2. The summed E-state index contributed by atoms with van der Waals surface area (Å²) in [6, 6.07) is 12.5. The number of hydrogen-bond donors (Lipinski definition) is 2. The van der Waals surface area contributed by atoms with Crippen molar-refractivity contribution in [3.63, 3.8) is 0 Å². The van der Waals surface area contributed by atoms with Crippen molar-refractivity contribution < 1.29 is 14.0 Å². The van der Waals surface area contributed by atoms with Crippen molar-refractivity contribution in [2.45, 2.75) is 6.92 Å². The zero-order valence-corrected chi connectivity index (χ0v) is 17.1. The van der Waals surface area contributed by atoms with Gasteiger partial charge in [-0.1, -0.05) is 23.7 Å². The number of benzene rings is 2. The number of halogens is 3. The summed E-state index contributed by atoms with van der Waals surface area (Å²) in [6.07, 6.45) is 0. The molecule has 3 aromatic rings. The van der Waals surface area contributed by atoms with Crippen LogP contribution in [0.25, 0.3) is 0 Å². The van der Waals surface area contributed by atoms with E-state index < -0.39 is 11.7 Å². The largest absolute Gasteiger partial charge is 0.320 e. The molecule has 8 heteroatoms. The van der Waals surface area contributed by atoms with Crippen LogP contribution in [0, 0.1) is 12.7 Å². The summed E-state index contributed by atoms with van der Waals surface area (Å²) in [5.74, 6) is -1.27. The van der Waals surface area contributed by atoms with Crippen LogP contribution >= 0.6 is 38.9 Å². The molecule has 0 unspecified atom stereocenters. The lowest BCUT2D eigenvalue weighted by molar-refractivity contribution is 0.102. The van der Waals surface area contributed by atoms with Gasteiger partial charge in [0.25, 0.3) is 11.8 Å². The van der Waals surface area contributed by atoms with Crippen LogP contribution in [0.2, 0.25) is 5.02 Å². The molecule has 2 amide bonds. The second kappa shape index (κ2) is 8.21. The fraction of sp³-hybridized carbons (Fsp3) is 0.0526. The molecule has 0 spiro atoms. The van der Waals surface area contributed by atoms with Crippen molar-refractivity contribution in [3.8, 4) is 0 Å². The number of hydrogen-bond acceptors (Lipinski definition) is 3. The molecule has 0 aliphatic heterocycles. The second-order valence-corrected chi connectivity index (χ2v) is 7.95. The van der Waals surface area contributed by atoms with Crippen molar-refractivity contribution in [1.29, 1.82) is 0 Å². The molecular weight excluding hydrogens is 455 g/mol. The van der Waals surface area contributed by atoms with Crippen LogP contribution in [0.5, 0.6) is 0 Å². The van der Waals surface area contributed by atoms with Crippen LogP contribution in [0.1, 0.15) is 25.6 Å². The highest BCUT2D eigenvalue weighted by Crippen LogP contribution is 2.30. The molecule has 3 rings (SSSR count). The number of nitrogens with one attached hydrogen (secondary N) is 2. The SMILES string of the molecule is Cc1cc(NC(=O)c2ccc(F)cc2Cl)sc1C(=O)Nc1ccccc1Br. The number of anilines is 2. The summed E-state index contributed by atoms with van der Waals surface area (Å²) in [4.78, 5) is 25.4. The topological polar surface area (TPSA) is 58.2 Å². The Bertz CT molecular complexity index is 1040. The van der Waals surface area contributed by atoms with Gasteiger partial charge >= 0.3 is 0 Å². The Balaban J connectivity index is 1.77. The van der Waals surface area contributed by atoms with Gasteiger partial charge in [-0.15, -0.1) is 11.3 Å². The third-order valence-corrected chi connectivity index (χ3v) is 5.81. The smallest absolute Gasteiger partial charge is 0.266 e. The Morgan fingerprint density at radius 2 is 1.81 bits per heavy atom. The molecule has 2 N–H and O–H groups in total. The molecule has 2 aromatic carbocycles. The number of para-hydroxylation sites is 1. The molecule has 0 saturated heterocycles. The highest BCUT2D eigenvalue weighted by molar-refractivity contribution is 9.10. The minimum Gasteiger partial charge on any atom is -0.320 e. The van der Waals surface area contributed by atoms with E-state index in [2.05, 4.69) is 26.6 Å². The molecule has 0 radical (unpaired) electrons. The number of amides is 2. The minimum absolute atomic E-state index is 0.0210. The van der Waals surface area contributed by atoms with E-state index in [4.69, 9.17) is 11.6 Å². The van der Waals surface area contributed by atoms with Crippen LogP contribution in [-0.4, -0.2) is 11.8 Å². The average molecular weight is 468 g/mol. The Labute approximate surface area is 172 Å². The maximum absolute atomic E-state index is 13.1. The fourth-order valence-electron chi connectivity index (χ4n) is 2.36. The van der Waals surface area contributed by atoms with Crippen molar-refractivity contribution in [3.05, 3.63) is 79.8 Å². The Kier molecular flexibility index (Phi) is 5.94.